The van der Waals surface area contributed by atoms with Crippen molar-refractivity contribution in [2.24, 2.45) is 5.73 Å². The number of alkyl carbamates (subject to hydrolysis) is 1. The molecule has 0 fully saturated rings. The molecule has 2 rings (SSSR count). The summed E-state index contributed by atoms with van der Waals surface area (Å²) in [6.45, 7) is -0.249. The second kappa shape index (κ2) is 10.6. The van der Waals surface area contributed by atoms with Gasteiger partial charge in [-0.15, -0.1) is 0 Å². The molecule has 0 aliphatic heterocycles. The number of ether oxygens (including phenoxy) is 1. The van der Waals surface area contributed by atoms with Crippen molar-refractivity contribution in [3.8, 4) is 0 Å². The van der Waals surface area contributed by atoms with Gasteiger partial charge in [0.05, 0.1) is 6.04 Å². The lowest BCUT2D eigenvalue weighted by atomic mass is 10.1. The summed E-state index contributed by atoms with van der Waals surface area (Å²) in [4.78, 5) is 35.1. The molecule has 0 saturated carbocycles. The molecule has 8 nitrogen and oxygen atoms in total. The number of rotatable bonds is 7. The molecule has 1 atom stereocenters. The van der Waals surface area contributed by atoms with Crippen LogP contribution in [0.5, 0.6) is 0 Å². The largest absolute Gasteiger partial charge is 0.445 e. The zero-order chi connectivity index (χ0) is 19.5. The van der Waals surface area contributed by atoms with Crippen LogP contribution in [0.2, 0.25) is 0 Å². The molecular weight excluding hydrogens is 348 g/mol. The third kappa shape index (κ3) is 7.57. The minimum atomic E-state index is -0.809. The summed E-state index contributed by atoms with van der Waals surface area (Å²) >= 11 is 0. The number of benzene rings is 2. The molecule has 2 aromatic rings. The summed E-state index contributed by atoms with van der Waals surface area (Å²) in [5.41, 5.74) is 12.0. The lowest BCUT2D eigenvalue weighted by Crippen LogP contribution is -2.52. The van der Waals surface area contributed by atoms with Crippen LogP contribution in [0.25, 0.3) is 0 Å². The van der Waals surface area contributed by atoms with Crippen LogP contribution in [0.3, 0.4) is 0 Å². The second-order valence-electron chi connectivity index (χ2n) is 5.75. The number of carbonyl (C=O) groups excluding carboxylic acids is 3. The quantitative estimate of drug-likeness (QED) is 0.533. The Hall–Kier alpha value is -3.39. The number of hydrogen-bond donors (Lipinski definition) is 4. The predicted molar refractivity (Wildman–Crippen MR) is 99.0 cm³/mol. The fourth-order valence-corrected chi connectivity index (χ4v) is 2.16. The van der Waals surface area contributed by atoms with Gasteiger partial charge in [0, 0.05) is 0 Å². The molecule has 2 aromatic carbocycles. The zero-order valence-corrected chi connectivity index (χ0v) is 14.7. The molecule has 0 spiro atoms. The molecule has 0 aromatic heterocycles. The number of carbonyl (C=O) groups is 3. The fourth-order valence-electron chi connectivity index (χ4n) is 2.16. The van der Waals surface area contributed by atoms with Gasteiger partial charge < -0.3 is 15.8 Å². The highest BCUT2D eigenvalue weighted by molar-refractivity contribution is 5.87. The standard InChI is InChI=1S/C19H22N4O4/c20-16(11-14-7-3-1-4-8-14)18(25)23-22-17(24)12-21-19(26)27-13-15-9-5-2-6-10-15/h1-10,16H,11-13,20H2,(H,21,26)(H,22,24)(H,23,25)/t16-/m1/s1. The first-order valence-corrected chi connectivity index (χ1v) is 8.37. The van der Waals surface area contributed by atoms with Crippen LogP contribution in [-0.2, 0) is 27.4 Å². The minimum Gasteiger partial charge on any atom is -0.445 e. The molecule has 0 aliphatic carbocycles. The van der Waals surface area contributed by atoms with Crippen molar-refractivity contribution in [1.82, 2.24) is 16.2 Å². The van der Waals surface area contributed by atoms with Crippen molar-refractivity contribution >= 4 is 17.9 Å². The monoisotopic (exact) mass is 370 g/mol. The maximum Gasteiger partial charge on any atom is 0.407 e. The van der Waals surface area contributed by atoms with Gasteiger partial charge in [0.15, 0.2) is 0 Å². The summed E-state index contributed by atoms with van der Waals surface area (Å²) < 4.78 is 4.97. The summed E-state index contributed by atoms with van der Waals surface area (Å²) in [5.74, 6) is -1.13. The third-order valence-electron chi connectivity index (χ3n) is 3.57. The summed E-state index contributed by atoms with van der Waals surface area (Å²) in [7, 11) is 0. The fraction of sp³-hybridized carbons (Fsp3) is 0.211. The van der Waals surface area contributed by atoms with Gasteiger partial charge in [0.2, 0.25) is 0 Å². The zero-order valence-electron chi connectivity index (χ0n) is 14.7. The van der Waals surface area contributed by atoms with E-state index in [9.17, 15) is 14.4 Å². The van der Waals surface area contributed by atoms with E-state index in [1.54, 1.807) is 0 Å². The van der Waals surface area contributed by atoms with Crippen LogP contribution in [0.4, 0.5) is 4.79 Å². The minimum absolute atomic E-state index is 0.0966. The highest BCUT2D eigenvalue weighted by Crippen LogP contribution is 2.02. The van der Waals surface area contributed by atoms with Crippen LogP contribution in [0.15, 0.2) is 60.7 Å². The van der Waals surface area contributed by atoms with Crippen molar-refractivity contribution in [3.63, 3.8) is 0 Å². The molecule has 142 valence electrons. The summed E-state index contributed by atoms with van der Waals surface area (Å²) in [6, 6.07) is 17.6. The number of hydrazine groups is 1. The van der Waals surface area contributed by atoms with E-state index in [4.69, 9.17) is 10.5 Å². The molecule has 0 unspecified atom stereocenters. The van der Waals surface area contributed by atoms with Gasteiger partial charge in [-0.05, 0) is 17.5 Å². The van der Waals surface area contributed by atoms with Gasteiger partial charge in [-0.1, -0.05) is 60.7 Å². The molecular formula is C19H22N4O4. The van der Waals surface area contributed by atoms with Crippen LogP contribution in [-0.4, -0.2) is 30.5 Å². The van der Waals surface area contributed by atoms with Crippen molar-refractivity contribution in [2.75, 3.05) is 6.54 Å². The van der Waals surface area contributed by atoms with Crippen molar-refractivity contribution in [3.05, 3.63) is 71.8 Å². The summed E-state index contributed by atoms with van der Waals surface area (Å²) in [6.07, 6.45) is -0.395. The first kappa shape index (κ1) is 19.9. The molecule has 27 heavy (non-hydrogen) atoms. The van der Waals surface area contributed by atoms with E-state index in [-0.39, 0.29) is 13.2 Å². The van der Waals surface area contributed by atoms with Gasteiger partial charge in [-0.25, -0.2) is 4.79 Å². The number of nitrogens with one attached hydrogen (secondary N) is 3. The van der Waals surface area contributed by atoms with Gasteiger partial charge in [0.25, 0.3) is 11.8 Å². The molecule has 8 heteroatoms. The Morgan fingerprint density at radius 3 is 2.11 bits per heavy atom. The Morgan fingerprint density at radius 2 is 1.48 bits per heavy atom. The highest BCUT2D eigenvalue weighted by Gasteiger charge is 2.15. The molecule has 5 N–H and O–H groups in total. The van der Waals surface area contributed by atoms with E-state index in [2.05, 4.69) is 16.2 Å². The average Bonchev–Trinajstić information content (AvgIpc) is 2.70. The van der Waals surface area contributed by atoms with Crippen molar-refractivity contribution < 1.29 is 19.1 Å². The van der Waals surface area contributed by atoms with Crippen molar-refractivity contribution in [2.45, 2.75) is 19.1 Å². The Bertz CT molecular complexity index is 753. The second-order valence-corrected chi connectivity index (χ2v) is 5.75. The van der Waals surface area contributed by atoms with E-state index in [1.807, 2.05) is 60.7 Å². The van der Waals surface area contributed by atoms with E-state index in [1.165, 1.54) is 0 Å². The Labute approximate surface area is 157 Å². The lowest BCUT2D eigenvalue weighted by molar-refractivity contribution is -0.129. The van der Waals surface area contributed by atoms with Gasteiger partial charge in [-0.3, -0.25) is 20.4 Å². The summed E-state index contributed by atoms with van der Waals surface area (Å²) in [5, 5.41) is 2.29. The lowest BCUT2D eigenvalue weighted by Gasteiger charge is -2.13. The maximum absolute atomic E-state index is 11.9. The SMILES string of the molecule is N[C@H](Cc1ccccc1)C(=O)NNC(=O)CNC(=O)OCc1ccccc1. The molecule has 0 aliphatic rings. The average molecular weight is 370 g/mol. The van der Waals surface area contributed by atoms with Crippen LogP contribution >= 0.6 is 0 Å². The van der Waals surface area contributed by atoms with E-state index < -0.39 is 23.9 Å². The molecule has 0 radical (unpaired) electrons. The smallest absolute Gasteiger partial charge is 0.407 e. The van der Waals surface area contributed by atoms with E-state index >= 15 is 0 Å². The molecule has 0 saturated heterocycles. The third-order valence-corrected chi connectivity index (χ3v) is 3.57. The van der Waals surface area contributed by atoms with Gasteiger partial charge in [0.1, 0.15) is 13.2 Å². The number of hydrogen-bond acceptors (Lipinski definition) is 5. The topological polar surface area (TPSA) is 123 Å². The number of amides is 3. The Kier molecular flexibility index (Phi) is 7.80. The Balaban J connectivity index is 1.62. The molecule has 0 heterocycles. The predicted octanol–water partition coefficient (Wildman–Crippen LogP) is 0.630. The van der Waals surface area contributed by atoms with Gasteiger partial charge in [-0.2, -0.15) is 0 Å². The van der Waals surface area contributed by atoms with Crippen LogP contribution in [0.1, 0.15) is 11.1 Å². The maximum atomic E-state index is 11.9. The van der Waals surface area contributed by atoms with E-state index in [0.29, 0.717) is 6.42 Å². The van der Waals surface area contributed by atoms with Crippen LogP contribution < -0.4 is 21.9 Å². The normalized spacial score (nSPS) is 11.1. The highest BCUT2D eigenvalue weighted by atomic mass is 16.5. The first-order chi connectivity index (χ1) is 13.0. The first-order valence-electron chi connectivity index (χ1n) is 8.37. The van der Waals surface area contributed by atoms with Crippen LogP contribution in [0, 0.1) is 0 Å². The molecule has 0 bridgehead atoms. The Morgan fingerprint density at radius 1 is 0.889 bits per heavy atom. The number of nitrogens with two attached hydrogens (primary N) is 1. The van der Waals surface area contributed by atoms with Gasteiger partial charge >= 0.3 is 6.09 Å². The van der Waals surface area contributed by atoms with E-state index in [0.717, 1.165) is 11.1 Å². The van der Waals surface area contributed by atoms with Crippen molar-refractivity contribution in [1.29, 1.82) is 0 Å². The molecule has 3 amide bonds.